The molecule has 0 aromatic heterocycles. The van der Waals surface area contributed by atoms with Crippen LogP contribution in [0.2, 0.25) is 0 Å². The maximum Gasteiger partial charge on any atom is 0.191 e. The number of hydrogen-bond donors (Lipinski definition) is 3. The van der Waals surface area contributed by atoms with Gasteiger partial charge in [-0.2, -0.15) is 0 Å². The van der Waals surface area contributed by atoms with E-state index in [-0.39, 0.29) is 0 Å². The van der Waals surface area contributed by atoms with Crippen LogP contribution >= 0.6 is 0 Å². The first kappa shape index (κ1) is 9.77. The van der Waals surface area contributed by atoms with Crippen molar-refractivity contribution in [2.24, 2.45) is 10.7 Å². The molecule has 0 saturated heterocycles. The fraction of sp³-hybridized carbons (Fsp3) is 0.900. The molecule has 0 aromatic carbocycles. The van der Waals surface area contributed by atoms with Crippen molar-refractivity contribution in [1.82, 2.24) is 10.6 Å². The van der Waals surface area contributed by atoms with Crippen molar-refractivity contribution < 1.29 is 0 Å². The zero-order valence-corrected chi connectivity index (χ0v) is 8.63. The Kier molecular flexibility index (Phi) is 3.24. The van der Waals surface area contributed by atoms with Gasteiger partial charge in [-0.1, -0.05) is 19.3 Å². The van der Waals surface area contributed by atoms with Crippen molar-refractivity contribution in [3.05, 3.63) is 0 Å². The normalized spacial score (nSPS) is 33.1. The van der Waals surface area contributed by atoms with E-state index in [1.807, 2.05) is 0 Å². The summed E-state index contributed by atoms with van der Waals surface area (Å²) in [6.07, 6.45) is 6.22. The van der Waals surface area contributed by atoms with Gasteiger partial charge in [0.25, 0.3) is 0 Å². The largest absolute Gasteiger partial charge is 0.355 e. The number of guanidine groups is 1. The molecule has 0 bridgehead atoms. The van der Waals surface area contributed by atoms with E-state index in [0.29, 0.717) is 12.1 Å². The number of hydrogen-bond acceptors (Lipinski definition) is 4. The fourth-order valence-electron chi connectivity index (χ4n) is 2.19. The van der Waals surface area contributed by atoms with E-state index in [9.17, 15) is 0 Å². The van der Waals surface area contributed by atoms with Crippen molar-refractivity contribution in [2.45, 2.75) is 44.2 Å². The van der Waals surface area contributed by atoms with E-state index in [1.54, 1.807) is 0 Å². The molecule has 0 amide bonds. The molecule has 1 saturated carbocycles. The highest BCUT2D eigenvalue weighted by atomic mass is 15.2. The van der Waals surface area contributed by atoms with Gasteiger partial charge in [-0.3, -0.25) is 4.99 Å². The number of nitrogens with zero attached hydrogens (tertiary/aromatic N) is 1. The predicted octanol–water partition coefficient (Wildman–Crippen LogP) is 0.195. The molecule has 2 rings (SSSR count). The standard InChI is InChI=1S/C10H20N4/c11-8-4-2-1-3-5-9(8)14-10-12-6-7-13-10/h8-9H,1-7,11H2,(H2,12,13,14). The molecule has 0 aromatic rings. The minimum Gasteiger partial charge on any atom is -0.355 e. The van der Waals surface area contributed by atoms with Crippen LogP contribution in [0, 0.1) is 0 Å². The van der Waals surface area contributed by atoms with Gasteiger partial charge < -0.3 is 16.4 Å². The van der Waals surface area contributed by atoms with Crippen molar-refractivity contribution >= 4 is 5.96 Å². The molecule has 0 radical (unpaired) electrons. The van der Waals surface area contributed by atoms with Gasteiger partial charge in [0, 0.05) is 18.6 Å². The Hall–Kier alpha value is -0.770. The zero-order valence-electron chi connectivity index (χ0n) is 8.63. The second-order valence-electron chi connectivity index (χ2n) is 4.21. The molecule has 1 fully saturated rings. The van der Waals surface area contributed by atoms with E-state index < -0.39 is 0 Å². The minimum atomic E-state index is 0.294. The number of rotatable bonds is 1. The van der Waals surface area contributed by atoms with Gasteiger partial charge in [-0.15, -0.1) is 0 Å². The van der Waals surface area contributed by atoms with Crippen LogP contribution in [0.4, 0.5) is 0 Å². The lowest BCUT2D eigenvalue weighted by Crippen LogP contribution is -2.49. The molecule has 14 heavy (non-hydrogen) atoms. The second-order valence-corrected chi connectivity index (χ2v) is 4.21. The van der Waals surface area contributed by atoms with Crippen LogP contribution in [-0.2, 0) is 0 Å². The zero-order chi connectivity index (χ0) is 9.80. The first-order chi connectivity index (χ1) is 6.86. The average molecular weight is 196 g/mol. The quantitative estimate of drug-likeness (QED) is 0.525. The third-order valence-electron chi connectivity index (χ3n) is 3.07. The number of aliphatic imine (C=N–C) groups is 1. The molecular weight excluding hydrogens is 176 g/mol. The highest BCUT2D eigenvalue weighted by Crippen LogP contribution is 2.16. The lowest BCUT2D eigenvalue weighted by atomic mass is 10.0. The van der Waals surface area contributed by atoms with E-state index in [4.69, 9.17) is 5.73 Å². The molecule has 2 aliphatic rings. The Labute approximate surface area is 85.3 Å². The molecule has 1 aliphatic heterocycles. The summed E-state index contributed by atoms with van der Waals surface area (Å²) in [5.41, 5.74) is 6.11. The maximum atomic E-state index is 6.11. The molecule has 4 nitrogen and oxygen atoms in total. The summed E-state index contributed by atoms with van der Waals surface area (Å²) in [7, 11) is 0. The van der Waals surface area contributed by atoms with Crippen molar-refractivity contribution in [1.29, 1.82) is 0 Å². The molecule has 4 N–H and O–H groups in total. The van der Waals surface area contributed by atoms with Crippen LogP contribution in [0.5, 0.6) is 0 Å². The van der Waals surface area contributed by atoms with Gasteiger partial charge in [-0.25, -0.2) is 0 Å². The van der Waals surface area contributed by atoms with Crippen molar-refractivity contribution in [3.8, 4) is 0 Å². The maximum absolute atomic E-state index is 6.11. The lowest BCUT2D eigenvalue weighted by molar-refractivity contribution is 0.459. The lowest BCUT2D eigenvalue weighted by Gasteiger charge is -2.23. The first-order valence-electron chi connectivity index (χ1n) is 5.67. The molecule has 2 atom stereocenters. The monoisotopic (exact) mass is 196 g/mol. The SMILES string of the molecule is NC1CCCCCC1NC1=NCCN1. The Morgan fingerprint density at radius 1 is 1.29 bits per heavy atom. The van der Waals surface area contributed by atoms with Gasteiger partial charge in [-0.05, 0) is 12.8 Å². The van der Waals surface area contributed by atoms with Gasteiger partial charge >= 0.3 is 0 Å². The summed E-state index contributed by atoms with van der Waals surface area (Å²) in [6.45, 7) is 1.86. The minimum absolute atomic E-state index is 0.294. The summed E-state index contributed by atoms with van der Waals surface area (Å²) in [4.78, 5) is 4.33. The van der Waals surface area contributed by atoms with Gasteiger partial charge in [0.1, 0.15) is 0 Å². The van der Waals surface area contributed by atoms with Crippen LogP contribution in [-0.4, -0.2) is 31.1 Å². The van der Waals surface area contributed by atoms with Gasteiger partial charge in [0.2, 0.25) is 0 Å². The smallest absolute Gasteiger partial charge is 0.191 e. The van der Waals surface area contributed by atoms with Crippen molar-refractivity contribution in [3.63, 3.8) is 0 Å². The Balaban J connectivity index is 1.87. The number of nitrogens with two attached hydrogens (primary N) is 1. The first-order valence-corrected chi connectivity index (χ1v) is 5.67. The summed E-state index contributed by atoms with van der Waals surface area (Å²) >= 11 is 0. The van der Waals surface area contributed by atoms with Crippen LogP contribution < -0.4 is 16.4 Å². The van der Waals surface area contributed by atoms with E-state index in [0.717, 1.165) is 25.5 Å². The van der Waals surface area contributed by atoms with Crippen LogP contribution in [0.25, 0.3) is 0 Å². The summed E-state index contributed by atoms with van der Waals surface area (Å²) in [6, 6.07) is 0.712. The molecule has 1 heterocycles. The molecular formula is C10H20N4. The van der Waals surface area contributed by atoms with E-state index in [2.05, 4.69) is 15.6 Å². The van der Waals surface area contributed by atoms with Crippen LogP contribution in [0.1, 0.15) is 32.1 Å². The van der Waals surface area contributed by atoms with Gasteiger partial charge in [0.05, 0.1) is 6.54 Å². The fourth-order valence-corrected chi connectivity index (χ4v) is 2.19. The Bertz CT molecular complexity index is 214. The highest BCUT2D eigenvalue weighted by molar-refractivity contribution is 5.81. The van der Waals surface area contributed by atoms with E-state index >= 15 is 0 Å². The van der Waals surface area contributed by atoms with Crippen LogP contribution in [0.15, 0.2) is 4.99 Å². The number of nitrogens with one attached hydrogen (secondary N) is 2. The molecule has 4 heteroatoms. The van der Waals surface area contributed by atoms with Gasteiger partial charge in [0.15, 0.2) is 5.96 Å². The average Bonchev–Trinajstić information content (AvgIpc) is 2.60. The molecule has 80 valence electrons. The summed E-state index contributed by atoms with van der Waals surface area (Å²) in [5.74, 6) is 0.951. The molecule has 0 spiro atoms. The summed E-state index contributed by atoms with van der Waals surface area (Å²) < 4.78 is 0. The third kappa shape index (κ3) is 2.38. The Morgan fingerprint density at radius 3 is 2.93 bits per heavy atom. The summed E-state index contributed by atoms with van der Waals surface area (Å²) in [5, 5.41) is 6.65. The topological polar surface area (TPSA) is 62.4 Å². The Morgan fingerprint density at radius 2 is 2.14 bits per heavy atom. The highest BCUT2D eigenvalue weighted by Gasteiger charge is 2.21. The molecule has 2 unspecified atom stereocenters. The molecule has 1 aliphatic carbocycles. The van der Waals surface area contributed by atoms with Crippen LogP contribution in [0.3, 0.4) is 0 Å². The third-order valence-corrected chi connectivity index (χ3v) is 3.07. The van der Waals surface area contributed by atoms with E-state index in [1.165, 1.54) is 25.7 Å². The van der Waals surface area contributed by atoms with Crippen molar-refractivity contribution in [2.75, 3.05) is 13.1 Å². The predicted molar refractivity (Wildman–Crippen MR) is 58.3 cm³/mol. The second kappa shape index (κ2) is 4.64.